The van der Waals surface area contributed by atoms with Crippen molar-refractivity contribution in [3.05, 3.63) is 53.2 Å². The maximum absolute atomic E-state index is 14.3. The van der Waals surface area contributed by atoms with Crippen molar-refractivity contribution in [1.82, 2.24) is 24.7 Å². The van der Waals surface area contributed by atoms with Crippen LogP contribution in [0.5, 0.6) is 0 Å². The Morgan fingerprint density at radius 2 is 2.18 bits per heavy atom. The van der Waals surface area contributed by atoms with Crippen molar-refractivity contribution in [3.63, 3.8) is 0 Å². The molecule has 0 fully saturated rings. The molecule has 0 aromatic carbocycles. The molecule has 0 aliphatic heterocycles. The number of amides is 1. The number of aromatic nitrogens is 4. The van der Waals surface area contributed by atoms with E-state index in [0.717, 1.165) is 11.3 Å². The molecule has 0 radical (unpaired) electrons. The molecule has 0 bridgehead atoms. The van der Waals surface area contributed by atoms with Crippen molar-refractivity contribution in [1.29, 1.82) is 0 Å². The predicted octanol–water partition coefficient (Wildman–Crippen LogP) is 2.30. The zero-order valence-corrected chi connectivity index (χ0v) is 12.5. The van der Waals surface area contributed by atoms with Crippen LogP contribution in [-0.4, -0.2) is 25.3 Å². The fourth-order valence-electron chi connectivity index (χ4n) is 2.25. The van der Waals surface area contributed by atoms with Crippen molar-refractivity contribution in [3.8, 4) is 0 Å². The maximum Gasteiger partial charge on any atom is 0.275 e. The summed E-state index contributed by atoms with van der Waals surface area (Å²) >= 11 is 0. The van der Waals surface area contributed by atoms with Crippen LogP contribution in [0.4, 0.5) is 4.39 Å². The quantitative estimate of drug-likeness (QED) is 0.779. The van der Waals surface area contributed by atoms with Gasteiger partial charge in [0.1, 0.15) is 11.5 Å². The van der Waals surface area contributed by atoms with Crippen LogP contribution in [0.15, 0.2) is 24.5 Å². The Balaban J connectivity index is 1.87. The zero-order valence-electron chi connectivity index (χ0n) is 12.5. The largest absolute Gasteiger partial charge is 0.344 e. The normalized spacial score (nSPS) is 12.5. The average Bonchev–Trinajstić information content (AvgIpc) is 3.04. The van der Waals surface area contributed by atoms with E-state index in [4.69, 9.17) is 0 Å². The molecule has 2 N–H and O–H groups in total. The monoisotopic (exact) mass is 301 g/mol. The van der Waals surface area contributed by atoms with Crippen LogP contribution >= 0.6 is 0 Å². The number of nitrogens with one attached hydrogen (secondary N) is 2. The van der Waals surface area contributed by atoms with E-state index in [0.29, 0.717) is 11.5 Å². The second kappa shape index (κ2) is 5.25. The van der Waals surface area contributed by atoms with Crippen LogP contribution in [0.25, 0.3) is 5.65 Å². The van der Waals surface area contributed by atoms with Gasteiger partial charge in [0.25, 0.3) is 5.91 Å². The van der Waals surface area contributed by atoms with Crippen LogP contribution in [-0.2, 0) is 0 Å². The maximum atomic E-state index is 14.3. The second-order valence-corrected chi connectivity index (χ2v) is 5.33. The highest BCUT2D eigenvalue weighted by Gasteiger charge is 2.21. The van der Waals surface area contributed by atoms with E-state index in [1.54, 1.807) is 25.4 Å². The van der Waals surface area contributed by atoms with Crippen molar-refractivity contribution in [2.24, 2.45) is 0 Å². The number of carbonyl (C=O) groups is 1. The van der Waals surface area contributed by atoms with Gasteiger partial charge >= 0.3 is 0 Å². The minimum absolute atomic E-state index is 0.222. The van der Waals surface area contributed by atoms with Gasteiger partial charge in [-0.2, -0.15) is 4.39 Å². The molecule has 1 amide bonds. The summed E-state index contributed by atoms with van der Waals surface area (Å²) in [5.41, 5.74) is 1.95. The van der Waals surface area contributed by atoms with E-state index in [2.05, 4.69) is 20.3 Å². The third-order valence-corrected chi connectivity index (χ3v) is 3.40. The highest BCUT2D eigenvalue weighted by Crippen LogP contribution is 2.14. The first-order valence-electron chi connectivity index (χ1n) is 6.92. The van der Waals surface area contributed by atoms with Crippen LogP contribution in [0.3, 0.4) is 0 Å². The Morgan fingerprint density at radius 3 is 2.86 bits per heavy atom. The Hall–Kier alpha value is -2.70. The van der Waals surface area contributed by atoms with Gasteiger partial charge in [-0.05, 0) is 32.4 Å². The standard InChI is InChI=1S/C15H16FN5O/c1-8-4-5-11-20-12(13(16)21(11)7-8)15(22)19-10(3)14-17-6-9(2)18-14/h4-7,10H,1-3H3,(H,17,18)(H,19,22)/t10-/m1/s1. The smallest absolute Gasteiger partial charge is 0.275 e. The lowest BCUT2D eigenvalue weighted by Crippen LogP contribution is -2.28. The average molecular weight is 301 g/mol. The molecule has 3 aromatic rings. The van der Waals surface area contributed by atoms with Gasteiger partial charge < -0.3 is 10.3 Å². The number of imidazole rings is 2. The Labute approximate surface area is 126 Å². The topological polar surface area (TPSA) is 75.1 Å². The van der Waals surface area contributed by atoms with Crippen molar-refractivity contribution >= 4 is 11.6 Å². The van der Waals surface area contributed by atoms with Gasteiger partial charge in [-0.25, -0.2) is 9.97 Å². The number of fused-ring (bicyclic) bond motifs is 1. The minimum atomic E-state index is -0.668. The van der Waals surface area contributed by atoms with E-state index >= 15 is 0 Å². The third-order valence-electron chi connectivity index (χ3n) is 3.40. The Morgan fingerprint density at radius 1 is 1.41 bits per heavy atom. The van der Waals surface area contributed by atoms with Gasteiger partial charge in [0.15, 0.2) is 5.69 Å². The lowest BCUT2D eigenvalue weighted by atomic mass is 10.3. The van der Waals surface area contributed by atoms with Crippen molar-refractivity contribution < 1.29 is 9.18 Å². The number of hydrogen-bond acceptors (Lipinski definition) is 3. The molecule has 7 heteroatoms. The van der Waals surface area contributed by atoms with Crippen LogP contribution in [0.1, 0.15) is 40.5 Å². The summed E-state index contributed by atoms with van der Waals surface area (Å²) in [4.78, 5) is 23.5. The van der Waals surface area contributed by atoms with Crippen LogP contribution < -0.4 is 5.32 Å². The first-order chi connectivity index (χ1) is 10.5. The first-order valence-corrected chi connectivity index (χ1v) is 6.92. The molecule has 22 heavy (non-hydrogen) atoms. The van der Waals surface area contributed by atoms with Crippen molar-refractivity contribution in [2.75, 3.05) is 0 Å². The number of halogens is 1. The van der Waals surface area contributed by atoms with Gasteiger partial charge in [-0.3, -0.25) is 9.20 Å². The number of aromatic amines is 1. The minimum Gasteiger partial charge on any atom is -0.344 e. The van der Waals surface area contributed by atoms with E-state index in [9.17, 15) is 9.18 Å². The van der Waals surface area contributed by atoms with E-state index in [-0.39, 0.29) is 11.7 Å². The molecule has 114 valence electrons. The molecule has 0 spiro atoms. The van der Waals surface area contributed by atoms with Crippen LogP contribution in [0.2, 0.25) is 0 Å². The Bertz CT molecular complexity index is 851. The number of pyridine rings is 1. The molecule has 0 aliphatic rings. The number of rotatable bonds is 3. The summed E-state index contributed by atoms with van der Waals surface area (Å²) in [6, 6.07) is 3.12. The summed E-state index contributed by atoms with van der Waals surface area (Å²) in [6.07, 6.45) is 3.28. The van der Waals surface area contributed by atoms with Gasteiger partial charge in [0.2, 0.25) is 5.95 Å². The summed E-state index contributed by atoms with van der Waals surface area (Å²) in [5, 5.41) is 2.69. The molecule has 3 rings (SSSR count). The second-order valence-electron chi connectivity index (χ2n) is 5.33. The molecular formula is C15H16FN5O. The molecule has 0 saturated heterocycles. The fraction of sp³-hybridized carbons (Fsp3) is 0.267. The summed E-state index contributed by atoms with van der Waals surface area (Å²) in [6.45, 7) is 5.49. The fourth-order valence-corrected chi connectivity index (χ4v) is 2.25. The van der Waals surface area contributed by atoms with E-state index in [1.165, 1.54) is 4.40 Å². The Kier molecular flexibility index (Phi) is 3.40. The van der Waals surface area contributed by atoms with Gasteiger partial charge in [-0.15, -0.1) is 0 Å². The molecule has 0 unspecified atom stereocenters. The SMILES string of the molecule is Cc1ccc2nc(C(=O)N[C@H](C)c3ncc(C)[nH]3)c(F)n2c1. The summed E-state index contributed by atoms with van der Waals surface area (Å²) in [5.74, 6) is -0.620. The molecule has 0 saturated carbocycles. The molecule has 3 aromatic heterocycles. The molecule has 3 heterocycles. The number of hydrogen-bond donors (Lipinski definition) is 2. The number of carbonyl (C=O) groups excluding carboxylic acids is 1. The lowest BCUT2D eigenvalue weighted by molar-refractivity contribution is 0.0929. The van der Waals surface area contributed by atoms with Gasteiger partial charge in [0.05, 0.1) is 6.04 Å². The zero-order chi connectivity index (χ0) is 15.9. The lowest BCUT2D eigenvalue weighted by Gasteiger charge is -2.10. The molecule has 6 nitrogen and oxygen atoms in total. The van der Waals surface area contributed by atoms with E-state index in [1.807, 2.05) is 19.9 Å². The highest BCUT2D eigenvalue weighted by molar-refractivity contribution is 5.93. The molecule has 1 atom stereocenters. The van der Waals surface area contributed by atoms with Crippen molar-refractivity contribution in [2.45, 2.75) is 26.8 Å². The summed E-state index contributed by atoms with van der Waals surface area (Å²) < 4.78 is 15.6. The predicted molar refractivity (Wildman–Crippen MR) is 79.1 cm³/mol. The number of H-pyrrole nitrogens is 1. The summed E-state index contributed by atoms with van der Waals surface area (Å²) in [7, 11) is 0. The molecular weight excluding hydrogens is 285 g/mol. The van der Waals surface area contributed by atoms with Crippen LogP contribution in [0, 0.1) is 19.8 Å². The highest BCUT2D eigenvalue weighted by atomic mass is 19.1. The van der Waals surface area contributed by atoms with E-state index < -0.39 is 11.9 Å². The number of aryl methyl sites for hydroxylation is 2. The van der Waals surface area contributed by atoms with Gasteiger partial charge in [0, 0.05) is 18.1 Å². The van der Waals surface area contributed by atoms with Gasteiger partial charge in [-0.1, -0.05) is 6.07 Å². The first kappa shape index (κ1) is 14.2. The number of nitrogens with zero attached hydrogens (tertiary/aromatic N) is 3. The molecule has 0 aliphatic carbocycles. The third kappa shape index (κ3) is 2.45.